The number of carbonyl (C=O) groups excluding carboxylic acids is 2. The van der Waals surface area contributed by atoms with Gasteiger partial charge in [0, 0.05) is 30.5 Å². The Morgan fingerprint density at radius 1 is 0.857 bits per heavy atom. The van der Waals surface area contributed by atoms with Crippen molar-refractivity contribution in [3.8, 4) is 0 Å². The Balaban J connectivity index is 1.68. The molecule has 2 amide bonds. The van der Waals surface area contributed by atoms with Gasteiger partial charge in [-0.3, -0.25) is 9.59 Å². The molecular formula is C33H36BrN3O4S. The first-order valence-electron chi connectivity index (χ1n) is 13.9. The number of benzene rings is 4. The van der Waals surface area contributed by atoms with Crippen LogP contribution in [0.25, 0.3) is 10.8 Å². The highest BCUT2D eigenvalue weighted by molar-refractivity contribution is 9.10. The van der Waals surface area contributed by atoms with Crippen LogP contribution in [0.2, 0.25) is 0 Å². The minimum atomic E-state index is -3.99. The fourth-order valence-electron chi connectivity index (χ4n) is 4.70. The number of halogens is 1. The van der Waals surface area contributed by atoms with Crippen LogP contribution in [0.5, 0.6) is 0 Å². The molecule has 0 fully saturated rings. The maximum atomic E-state index is 14.1. The molecule has 0 bridgehead atoms. The fraction of sp³-hybridized carbons (Fsp3) is 0.273. The van der Waals surface area contributed by atoms with E-state index in [1.165, 1.54) is 11.9 Å². The molecule has 4 rings (SSSR count). The van der Waals surface area contributed by atoms with E-state index in [9.17, 15) is 18.0 Å². The summed E-state index contributed by atoms with van der Waals surface area (Å²) >= 11 is 3.49. The summed E-state index contributed by atoms with van der Waals surface area (Å²) in [5.41, 5.74) is 1.71. The summed E-state index contributed by atoms with van der Waals surface area (Å²) in [5, 5.41) is 4.75. The van der Waals surface area contributed by atoms with Crippen molar-refractivity contribution in [3.63, 3.8) is 0 Å². The van der Waals surface area contributed by atoms with Crippen LogP contribution in [0.1, 0.15) is 31.4 Å². The van der Waals surface area contributed by atoms with Gasteiger partial charge >= 0.3 is 0 Å². The summed E-state index contributed by atoms with van der Waals surface area (Å²) in [4.78, 5) is 29.4. The van der Waals surface area contributed by atoms with Crippen molar-refractivity contribution in [1.82, 2.24) is 14.5 Å². The first-order chi connectivity index (χ1) is 20.1. The summed E-state index contributed by atoms with van der Waals surface area (Å²) in [6.07, 6.45) is 1.01. The molecule has 4 aromatic rings. The average molecular weight is 651 g/mol. The minimum Gasteiger partial charge on any atom is -0.352 e. The van der Waals surface area contributed by atoms with Gasteiger partial charge in [0.2, 0.25) is 21.8 Å². The molecule has 0 spiro atoms. The van der Waals surface area contributed by atoms with Crippen molar-refractivity contribution in [2.24, 2.45) is 0 Å². The molecule has 0 aromatic heterocycles. The number of hydrogen-bond acceptors (Lipinski definition) is 4. The Kier molecular flexibility index (Phi) is 10.5. The molecule has 1 N–H and O–H groups in total. The maximum absolute atomic E-state index is 14.1. The zero-order chi connectivity index (χ0) is 30.3. The van der Waals surface area contributed by atoms with Gasteiger partial charge in [-0.25, -0.2) is 8.42 Å². The Bertz CT molecular complexity index is 1650. The zero-order valence-corrected chi connectivity index (χ0v) is 26.4. The van der Waals surface area contributed by atoms with Gasteiger partial charge in [-0.15, -0.1) is 0 Å². The number of carbonyl (C=O) groups is 2. The Morgan fingerprint density at radius 2 is 1.52 bits per heavy atom. The number of nitrogens with zero attached hydrogens (tertiary/aromatic N) is 2. The number of hydrogen-bond donors (Lipinski definition) is 1. The monoisotopic (exact) mass is 649 g/mol. The molecule has 9 heteroatoms. The predicted molar refractivity (Wildman–Crippen MR) is 170 cm³/mol. The third kappa shape index (κ3) is 7.85. The van der Waals surface area contributed by atoms with E-state index in [2.05, 4.69) is 21.2 Å². The fourth-order valence-corrected chi connectivity index (χ4v) is 6.30. The normalized spacial score (nSPS) is 13.1. The minimum absolute atomic E-state index is 0.0884. The summed E-state index contributed by atoms with van der Waals surface area (Å²) in [5.74, 6) is -0.751. The second kappa shape index (κ2) is 14.1. The molecule has 0 radical (unpaired) electrons. The van der Waals surface area contributed by atoms with Gasteiger partial charge in [-0.1, -0.05) is 95.7 Å². The lowest BCUT2D eigenvalue weighted by Crippen LogP contribution is -2.54. The van der Waals surface area contributed by atoms with Gasteiger partial charge in [0.15, 0.2) is 0 Å². The van der Waals surface area contributed by atoms with E-state index >= 15 is 0 Å². The van der Waals surface area contributed by atoms with Crippen LogP contribution in [-0.4, -0.2) is 55.1 Å². The van der Waals surface area contributed by atoms with E-state index in [-0.39, 0.29) is 29.8 Å². The van der Waals surface area contributed by atoms with Crippen LogP contribution in [0.3, 0.4) is 0 Å². The SMILES string of the molecule is CC[C@H](C)NC(=O)[C@@H](Cc1ccccc1)N(Cc1cccc(Br)c1)C(=O)CN(C)S(=O)(=O)c1ccc2ccccc2c1. The van der Waals surface area contributed by atoms with Crippen molar-refractivity contribution in [1.29, 1.82) is 0 Å². The molecular weight excluding hydrogens is 614 g/mol. The van der Waals surface area contributed by atoms with Gasteiger partial charge in [-0.2, -0.15) is 4.31 Å². The third-order valence-corrected chi connectivity index (χ3v) is 9.59. The molecule has 7 nitrogen and oxygen atoms in total. The number of amides is 2. The predicted octanol–water partition coefficient (Wildman–Crippen LogP) is 5.78. The van der Waals surface area contributed by atoms with Gasteiger partial charge < -0.3 is 10.2 Å². The summed E-state index contributed by atoms with van der Waals surface area (Å²) in [6.45, 7) is 3.61. The molecule has 0 unspecified atom stereocenters. The van der Waals surface area contributed by atoms with E-state index in [4.69, 9.17) is 0 Å². The summed E-state index contributed by atoms with van der Waals surface area (Å²) < 4.78 is 29.1. The second-order valence-corrected chi connectivity index (χ2v) is 13.4. The van der Waals surface area contributed by atoms with Crippen LogP contribution in [0.15, 0.2) is 106 Å². The largest absolute Gasteiger partial charge is 0.352 e. The number of nitrogens with one attached hydrogen (secondary N) is 1. The Hall–Kier alpha value is -3.53. The van der Waals surface area contributed by atoms with E-state index in [1.54, 1.807) is 18.2 Å². The highest BCUT2D eigenvalue weighted by atomic mass is 79.9. The zero-order valence-electron chi connectivity index (χ0n) is 24.0. The van der Waals surface area contributed by atoms with Crippen molar-refractivity contribution in [2.45, 2.75) is 50.2 Å². The van der Waals surface area contributed by atoms with Crippen molar-refractivity contribution < 1.29 is 18.0 Å². The molecule has 0 heterocycles. The topological polar surface area (TPSA) is 86.8 Å². The molecule has 0 aliphatic heterocycles. The van der Waals surface area contributed by atoms with Crippen LogP contribution < -0.4 is 5.32 Å². The van der Waals surface area contributed by atoms with Crippen LogP contribution in [-0.2, 0) is 32.6 Å². The van der Waals surface area contributed by atoms with Crippen LogP contribution in [0, 0.1) is 0 Å². The summed E-state index contributed by atoms with van der Waals surface area (Å²) in [7, 11) is -2.59. The van der Waals surface area contributed by atoms with Gasteiger partial charge in [0.05, 0.1) is 11.4 Å². The first-order valence-corrected chi connectivity index (χ1v) is 16.1. The summed E-state index contributed by atoms with van der Waals surface area (Å²) in [6, 6.07) is 28.5. The maximum Gasteiger partial charge on any atom is 0.243 e. The van der Waals surface area contributed by atoms with E-state index in [0.717, 1.165) is 37.1 Å². The third-order valence-electron chi connectivity index (χ3n) is 7.30. The second-order valence-electron chi connectivity index (χ2n) is 10.4. The van der Waals surface area contributed by atoms with E-state index in [0.29, 0.717) is 0 Å². The highest BCUT2D eigenvalue weighted by Gasteiger charge is 2.33. The molecule has 0 aliphatic carbocycles. The Labute approximate surface area is 256 Å². The number of likely N-dealkylation sites (N-methyl/N-ethyl adjacent to an activating group) is 1. The van der Waals surface area contributed by atoms with E-state index < -0.39 is 28.5 Å². The van der Waals surface area contributed by atoms with Gasteiger partial charge in [0.1, 0.15) is 6.04 Å². The van der Waals surface area contributed by atoms with Crippen molar-refractivity contribution in [3.05, 3.63) is 113 Å². The molecule has 42 heavy (non-hydrogen) atoms. The lowest BCUT2D eigenvalue weighted by Gasteiger charge is -2.33. The number of fused-ring (bicyclic) bond motifs is 1. The van der Waals surface area contributed by atoms with Crippen molar-refractivity contribution >= 4 is 48.5 Å². The van der Waals surface area contributed by atoms with E-state index in [1.807, 2.05) is 92.7 Å². The van der Waals surface area contributed by atoms with Crippen LogP contribution in [0.4, 0.5) is 0 Å². The molecule has 0 saturated carbocycles. The standard InChI is InChI=1S/C33H36BrN3O4S/c1-4-24(2)35-33(39)31(20-25-11-6-5-7-12-25)37(22-26-13-10-16-29(34)19-26)32(38)23-36(3)42(40,41)30-18-17-27-14-8-9-15-28(27)21-30/h5-19,21,24,31H,4,20,22-23H2,1-3H3,(H,35,39)/t24-,31+/m0/s1. The lowest BCUT2D eigenvalue weighted by atomic mass is 10.0. The molecule has 0 aliphatic rings. The molecule has 220 valence electrons. The highest BCUT2D eigenvalue weighted by Crippen LogP contribution is 2.23. The van der Waals surface area contributed by atoms with Gasteiger partial charge in [-0.05, 0) is 59.5 Å². The molecule has 0 saturated heterocycles. The average Bonchev–Trinajstić information content (AvgIpc) is 2.98. The lowest BCUT2D eigenvalue weighted by molar-refractivity contribution is -0.141. The first kappa shape index (κ1) is 31.4. The molecule has 2 atom stereocenters. The Morgan fingerprint density at radius 3 is 2.21 bits per heavy atom. The van der Waals surface area contributed by atoms with Crippen LogP contribution >= 0.6 is 15.9 Å². The van der Waals surface area contributed by atoms with Crippen molar-refractivity contribution in [2.75, 3.05) is 13.6 Å². The smallest absolute Gasteiger partial charge is 0.243 e. The molecule has 4 aromatic carbocycles. The number of sulfonamides is 1. The quantitative estimate of drug-likeness (QED) is 0.211. The number of rotatable bonds is 12. The van der Waals surface area contributed by atoms with Gasteiger partial charge in [0.25, 0.3) is 0 Å².